The van der Waals surface area contributed by atoms with Gasteiger partial charge in [0.15, 0.2) is 0 Å². The van der Waals surface area contributed by atoms with Gasteiger partial charge >= 0.3 is 6.03 Å². The Balaban J connectivity index is 1.48. The first-order valence-corrected chi connectivity index (χ1v) is 8.70. The van der Waals surface area contributed by atoms with Crippen molar-refractivity contribution in [3.05, 3.63) is 24.2 Å². The van der Waals surface area contributed by atoms with Gasteiger partial charge in [0.25, 0.3) is 0 Å². The molecule has 2 N–H and O–H groups in total. The number of urea groups is 1. The highest BCUT2D eigenvalue weighted by molar-refractivity contribution is 5.73. The van der Waals surface area contributed by atoms with Gasteiger partial charge in [0.2, 0.25) is 0 Å². The van der Waals surface area contributed by atoms with Crippen molar-refractivity contribution in [1.82, 2.24) is 15.5 Å². The van der Waals surface area contributed by atoms with Crippen molar-refractivity contribution in [3.8, 4) is 0 Å². The van der Waals surface area contributed by atoms with Crippen LogP contribution in [0.25, 0.3) is 0 Å². The molecule has 2 aliphatic rings. The summed E-state index contributed by atoms with van der Waals surface area (Å²) in [5, 5.41) is 5.95. The minimum absolute atomic E-state index is 0.106. The molecule has 2 atom stereocenters. The summed E-state index contributed by atoms with van der Waals surface area (Å²) >= 11 is 0. The molecule has 0 radical (unpaired) electrons. The number of piperidine rings is 1. The first kappa shape index (κ1) is 16.3. The van der Waals surface area contributed by atoms with Gasteiger partial charge in [-0.2, -0.15) is 0 Å². The highest BCUT2D eigenvalue weighted by Crippen LogP contribution is 2.24. The van der Waals surface area contributed by atoms with Crippen LogP contribution in [0.4, 0.5) is 4.79 Å². The van der Waals surface area contributed by atoms with E-state index in [1.807, 2.05) is 12.1 Å². The van der Waals surface area contributed by atoms with E-state index in [2.05, 4.69) is 15.5 Å². The second kappa shape index (κ2) is 8.36. The molecular formula is C17H27N3O3. The molecule has 6 heteroatoms. The van der Waals surface area contributed by atoms with Gasteiger partial charge in [-0.3, -0.25) is 4.90 Å². The summed E-state index contributed by atoms with van der Waals surface area (Å²) in [6.45, 7) is 4.94. The van der Waals surface area contributed by atoms with Gasteiger partial charge in [-0.25, -0.2) is 4.79 Å². The minimum atomic E-state index is -0.106. The van der Waals surface area contributed by atoms with E-state index < -0.39 is 0 Å². The lowest BCUT2D eigenvalue weighted by molar-refractivity contribution is 0.143. The third kappa shape index (κ3) is 4.72. The number of carbonyl (C=O) groups is 1. The van der Waals surface area contributed by atoms with Crippen molar-refractivity contribution >= 4 is 6.03 Å². The van der Waals surface area contributed by atoms with Crippen LogP contribution >= 0.6 is 0 Å². The summed E-state index contributed by atoms with van der Waals surface area (Å²) in [6, 6.07) is 3.91. The summed E-state index contributed by atoms with van der Waals surface area (Å²) < 4.78 is 10.9. The maximum absolute atomic E-state index is 12.0. The average molecular weight is 321 g/mol. The summed E-state index contributed by atoms with van der Waals surface area (Å²) in [5.74, 6) is 1.38. The van der Waals surface area contributed by atoms with Gasteiger partial charge in [-0.1, -0.05) is 6.42 Å². The second-order valence-electron chi connectivity index (χ2n) is 6.45. The molecule has 2 amide bonds. The Morgan fingerprint density at radius 2 is 2.17 bits per heavy atom. The number of rotatable bonds is 6. The fourth-order valence-corrected chi connectivity index (χ4v) is 3.35. The highest BCUT2D eigenvalue weighted by Gasteiger charge is 2.25. The Morgan fingerprint density at radius 3 is 2.87 bits per heavy atom. The van der Waals surface area contributed by atoms with Crippen LogP contribution in [0.1, 0.15) is 37.5 Å². The summed E-state index contributed by atoms with van der Waals surface area (Å²) in [5.41, 5.74) is 0. The number of hydrogen-bond acceptors (Lipinski definition) is 4. The molecule has 2 fully saturated rings. The van der Waals surface area contributed by atoms with E-state index in [0.717, 1.165) is 38.5 Å². The fourth-order valence-electron chi connectivity index (χ4n) is 3.35. The smallest absolute Gasteiger partial charge is 0.314 e. The van der Waals surface area contributed by atoms with Crippen molar-refractivity contribution < 1.29 is 13.9 Å². The second-order valence-corrected chi connectivity index (χ2v) is 6.45. The summed E-state index contributed by atoms with van der Waals surface area (Å²) in [7, 11) is 0. The number of ether oxygens (including phenoxy) is 1. The number of amides is 2. The van der Waals surface area contributed by atoms with Crippen LogP contribution in [0.5, 0.6) is 0 Å². The molecule has 2 unspecified atom stereocenters. The van der Waals surface area contributed by atoms with E-state index in [9.17, 15) is 4.79 Å². The Kier molecular flexibility index (Phi) is 5.93. The van der Waals surface area contributed by atoms with Crippen LogP contribution in [-0.2, 0) is 4.74 Å². The van der Waals surface area contributed by atoms with Gasteiger partial charge in [0.05, 0.1) is 18.9 Å². The van der Waals surface area contributed by atoms with Crippen molar-refractivity contribution in [3.63, 3.8) is 0 Å². The van der Waals surface area contributed by atoms with Gasteiger partial charge in [-0.05, 0) is 44.5 Å². The Bertz CT molecular complexity index is 465. The van der Waals surface area contributed by atoms with E-state index in [4.69, 9.17) is 9.15 Å². The molecule has 2 aliphatic heterocycles. The maximum Gasteiger partial charge on any atom is 0.314 e. The van der Waals surface area contributed by atoms with Gasteiger partial charge in [0, 0.05) is 25.6 Å². The largest absolute Gasteiger partial charge is 0.468 e. The van der Waals surface area contributed by atoms with Crippen molar-refractivity contribution in [2.75, 3.05) is 39.4 Å². The molecule has 2 saturated heterocycles. The highest BCUT2D eigenvalue weighted by atomic mass is 16.5. The quantitative estimate of drug-likeness (QED) is 0.842. The van der Waals surface area contributed by atoms with E-state index in [1.54, 1.807) is 6.26 Å². The van der Waals surface area contributed by atoms with E-state index in [1.165, 1.54) is 19.3 Å². The normalized spacial score (nSPS) is 23.6. The maximum atomic E-state index is 12.0. The van der Waals surface area contributed by atoms with Crippen LogP contribution in [0.3, 0.4) is 0 Å². The molecule has 0 bridgehead atoms. The van der Waals surface area contributed by atoms with Gasteiger partial charge in [0.1, 0.15) is 5.76 Å². The number of likely N-dealkylation sites (tertiary alicyclic amines) is 1. The number of nitrogens with zero attached hydrogens (tertiary/aromatic N) is 1. The molecule has 3 heterocycles. The molecule has 128 valence electrons. The summed E-state index contributed by atoms with van der Waals surface area (Å²) in [4.78, 5) is 14.5. The lowest BCUT2D eigenvalue weighted by atomic mass is 10.1. The zero-order chi connectivity index (χ0) is 15.9. The van der Waals surface area contributed by atoms with E-state index >= 15 is 0 Å². The van der Waals surface area contributed by atoms with Gasteiger partial charge in [-0.15, -0.1) is 0 Å². The van der Waals surface area contributed by atoms with Crippen LogP contribution in [-0.4, -0.2) is 50.3 Å². The molecule has 1 aromatic heterocycles. The molecule has 0 aliphatic carbocycles. The Hall–Kier alpha value is -1.53. The molecule has 0 spiro atoms. The molecular weight excluding hydrogens is 294 g/mol. The Labute approximate surface area is 137 Å². The average Bonchev–Trinajstić information content (AvgIpc) is 3.28. The first-order chi connectivity index (χ1) is 11.3. The molecule has 0 aromatic carbocycles. The van der Waals surface area contributed by atoms with Crippen LogP contribution in [0.2, 0.25) is 0 Å². The van der Waals surface area contributed by atoms with Crippen LogP contribution < -0.4 is 10.6 Å². The molecule has 23 heavy (non-hydrogen) atoms. The monoisotopic (exact) mass is 321 g/mol. The third-order valence-corrected chi connectivity index (χ3v) is 4.73. The molecule has 3 rings (SSSR count). The molecule has 1 aromatic rings. The minimum Gasteiger partial charge on any atom is -0.468 e. The fraction of sp³-hybridized carbons (Fsp3) is 0.706. The summed E-state index contributed by atoms with van der Waals surface area (Å²) in [6.07, 6.45) is 6.45. The molecule has 6 nitrogen and oxygen atoms in total. The first-order valence-electron chi connectivity index (χ1n) is 8.70. The lowest BCUT2D eigenvalue weighted by Crippen LogP contribution is -2.44. The number of nitrogens with one attached hydrogen (secondary N) is 2. The lowest BCUT2D eigenvalue weighted by Gasteiger charge is -2.33. The Morgan fingerprint density at radius 1 is 1.30 bits per heavy atom. The third-order valence-electron chi connectivity index (χ3n) is 4.73. The van der Waals surface area contributed by atoms with Crippen LogP contribution in [0, 0.1) is 5.92 Å². The SMILES string of the molecule is O=C(NCC1CCOC1)NCC(c1ccco1)N1CCCCC1. The van der Waals surface area contributed by atoms with E-state index in [0.29, 0.717) is 19.0 Å². The predicted octanol–water partition coefficient (Wildman–Crippen LogP) is 2.14. The predicted molar refractivity (Wildman–Crippen MR) is 87.2 cm³/mol. The zero-order valence-electron chi connectivity index (χ0n) is 13.6. The standard InChI is InChI=1S/C17H27N3O3/c21-17(18-11-14-6-10-22-13-14)19-12-15(16-5-4-9-23-16)20-7-2-1-3-8-20/h4-5,9,14-15H,1-3,6-8,10-13H2,(H2,18,19,21). The zero-order valence-corrected chi connectivity index (χ0v) is 13.6. The number of carbonyl (C=O) groups excluding carboxylic acids is 1. The van der Waals surface area contributed by atoms with E-state index in [-0.39, 0.29) is 12.1 Å². The van der Waals surface area contributed by atoms with Crippen molar-refractivity contribution in [2.45, 2.75) is 31.7 Å². The van der Waals surface area contributed by atoms with Crippen molar-refractivity contribution in [2.24, 2.45) is 5.92 Å². The van der Waals surface area contributed by atoms with Gasteiger partial charge < -0.3 is 19.8 Å². The number of furan rings is 1. The molecule has 0 saturated carbocycles. The topological polar surface area (TPSA) is 66.7 Å². The van der Waals surface area contributed by atoms with Crippen LogP contribution in [0.15, 0.2) is 22.8 Å². The number of hydrogen-bond donors (Lipinski definition) is 2. The van der Waals surface area contributed by atoms with Crippen molar-refractivity contribution in [1.29, 1.82) is 0 Å².